The van der Waals surface area contributed by atoms with Gasteiger partial charge in [-0.15, -0.1) is 0 Å². The van der Waals surface area contributed by atoms with Crippen molar-refractivity contribution in [2.45, 2.75) is 18.4 Å². The molecule has 3 aromatic carbocycles. The monoisotopic (exact) mass is 470 g/mol. The minimum atomic E-state index is -3.78. The molecule has 0 radical (unpaired) electrons. The van der Waals surface area contributed by atoms with Crippen LogP contribution in [0.25, 0.3) is 6.08 Å². The molecule has 6 nitrogen and oxygen atoms in total. The zero-order valence-corrected chi connectivity index (χ0v) is 19.2. The molecular weight excluding hydrogens is 448 g/mol. The maximum atomic E-state index is 12.6. The topological polar surface area (TPSA) is 84.5 Å². The van der Waals surface area contributed by atoms with Crippen LogP contribution in [-0.4, -0.2) is 21.4 Å². The molecule has 0 spiro atoms. The number of anilines is 1. The number of ether oxygens (including phenoxy) is 1. The van der Waals surface area contributed by atoms with E-state index in [1.165, 1.54) is 18.2 Å². The van der Waals surface area contributed by atoms with Crippen LogP contribution in [0.1, 0.15) is 16.7 Å². The van der Waals surface area contributed by atoms with E-state index in [0.29, 0.717) is 22.8 Å². The van der Waals surface area contributed by atoms with Gasteiger partial charge in [0.15, 0.2) is 0 Å². The molecule has 0 atom stereocenters. The highest BCUT2D eigenvalue weighted by atomic mass is 35.5. The second-order valence-electron chi connectivity index (χ2n) is 7.01. The van der Waals surface area contributed by atoms with Crippen LogP contribution in [0, 0.1) is 6.92 Å². The Kier molecular flexibility index (Phi) is 7.56. The van der Waals surface area contributed by atoms with E-state index >= 15 is 0 Å². The summed E-state index contributed by atoms with van der Waals surface area (Å²) < 4.78 is 32.9. The molecule has 3 rings (SSSR count). The number of methoxy groups -OCH3 is 1. The van der Waals surface area contributed by atoms with E-state index in [9.17, 15) is 13.2 Å². The number of hydrogen-bond acceptors (Lipinski definition) is 4. The van der Waals surface area contributed by atoms with Gasteiger partial charge in [-0.3, -0.25) is 9.52 Å². The lowest BCUT2D eigenvalue weighted by Gasteiger charge is -2.09. The van der Waals surface area contributed by atoms with Gasteiger partial charge in [0.05, 0.1) is 22.7 Å². The summed E-state index contributed by atoms with van der Waals surface area (Å²) in [6.07, 6.45) is 3.01. The first-order valence-electron chi connectivity index (χ1n) is 9.75. The van der Waals surface area contributed by atoms with E-state index in [0.717, 1.165) is 16.9 Å². The molecule has 0 fully saturated rings. The molecule has 0 unspecified atom stereocenters. The van der Waals surface area contributed by atoms with Crippen molar-refractivity contribution in [3.05, 3.63) is 94.5 Å². The van der Waals surface area contributed by atoms with Crippen LogP contribution in [0.2, 0.25) is 5.02 Å². The van der Waals surface area contributed by atoms with E-state index in [1.807, 2.05) is 25.1 Å². The SMILES string of the molecule is COc1cc(CNC(=O)/C=C/c2ccc(S(=O)(=O)Nc3ccccc3Cl)cc2)ccc1C. The summed E-state index contributed by atoms with van der Waals surface area (Å²) in [6, 6.07) is 18.5. The third-order valence-corrected chi connectivity index (χ3v) is 6.39. The zero-order valence-electron chi connectivity index (χ0n) is 17.6. The first-order valence-corrected chi connectivity index (χ1v) is 11.6. The average molecular weight is 471 g/mol. The average Bonchev–Trinajstić information content (AvgIpc) is 2.79. The molecule has 3 aromatic rings. The number of nitrogens with one attached hydrogen (secondary N) is 2. The molecule has 32 heavy (non-hydrogen) atoms. The highest BCUT2D eigenvalue weighted by Crippen LogP contribution is 2.24. The normalized spacial score (nSPS) is 11.3. The fraction of sp³-hybridized carbons (Fsp3) is 0.125. The van der Waals surface area contributed by atoms with Gasteiger partial charge in [-0.1, -0.05) is 48.0 Å². The quantitative estimate of drug-likeness (QED) is 0.464. The minimum absolute atomic E-state index is 0.0901. The third-order valence-electron chi connectivity index (χ3n) is 4.67. The van der Waals surface area contributed by atoms with E-state index in [4.69, 9.17) is 16.3 Å². The van der Waals surface area contributed by atoms with Gasteiger partial charge in [0, 0.05) is 12.6 Å². The lowest BCUT2D eigenvalue weighted by molar-refractivity contribution is -0.116. The van der Waals surface area contributed by atoms with Crippen LogP contribution in [0.4, 0.5) is 5.69 Å². The molecule has 0 saturated heterocycles. The van der Waals surface area contributed by atoms with Crippen LogP contribution in [0.15, 0.2) is 77.7 Å². The van der Waals surface area contributed by atoms with Crippen molar-refractivity contribution in [1.82, 2.24) is 5.32 Å². The fourth-order valence-electron chi connectivity index (χ4n) is 2.90. The lowest BCUT2D eigenvalue weighted by Crippen LogP contribution is -2.20. The number of sulfonamides is 1. The smallest absolute Gasteiger partial charge is 0.261 e. The Morgan fingerprint density at radius 1 is 1.06 bits per heavy atom. The van der Waals surface area contributed by atoms with Crippen molar-refractivity contribution >= 4 is 39.3 Å². The van der Waals surface area contributed by atoms with Gasteiger partial charge >= 0.3 is 0 Å². The van der Waals surface area contributed by atoms with Crippen molar-refractivity contribution in [3.8, 4) is 5.75 Å². The summed E-state index contributed by atoms with van der Waals surface area (Å²) in [5.41, 5.74) is 2.94. The second kappa shape index (κ2) is 10.3. The minimum Gasteiger partial charge on any atom is -0.496 e. The lowest BCUT2D eigenvalue weighted by atomic mass is 10.1. The van der Waals surface area contributed by atoms with Gasteiger partial charge in [0.1, 0.15) is 5.75 Å². The summed E-state index contributed by atoms with van der Waals surface area (Å²) in [5.74, 6) is 0.507. The van der Waals surface area contributed by atoms with Crippen molar-refractivity contribution in [3.63, 3.8) is 0 Å². The summed E-state index contributed by atoms with van der Waals surface area (Å²) in [4.78, 5) is 12.2. The van der Waals surface area contributed by atoms with Gasteiger partial charge in [-0.2, -0.15) is 0 Å². The van der Waals surface area contributed by atoms with Crippen LogP contribution in [0.3, 0.4) is 0 Å². The van der Waals surface area contributed by atoms with Gasteiger partial charge in [-0.05, 0) is 60.0 Å². The molecule has 0 aliphatic carbocycles. The Balaban J connectivity index is 1.60. The van der Waals surface area contributed by atoms with Crippen LogP contribution in [-0.2, 0) is 21.4 Å². The highest BCUT2D eigenvalue weighted by Gasteiger charge is 2.15. The Hall–Kier alpha value is -3.29. The van der Waals surface area contributed by atoms with E-state index < -0.39 is 10.0 Å². The van der Waals surface area contributed by atoms with Crippen LogP contribution >= 0.6 is 11.6 Å². The Bertz CT molecular complexity index is 1240. The molecule has 2 N–H and O–H groups in total. The Labute approximate surface area is 192 Å². The molecule has 1 amide bonds. The summed E-state index contributed by atoms with van der Waals surface area (Å²) >= 11 is 6.02. The number of halogens is 1. The van der Waals surface area contributed by atoms with E-state index in [2.05, 4.69) is 10.0 Å². The molecule has 0 aromatic heterocycles. The molecule has 8 heteroatoms. The Morgan fingerprint density at radius 3 is 2.47 bits per heavy atom. The molecule has 0 heterocycles. The van der Waals surface area contributed by atoms with Crippen molar-refractivity contribution in [2.75, 3.05) is 11.8 Å². The van der Waals surface area contributed by atoms with E-state index in [1.54, 1.807) is 49.6 Å². The fourth-order valence-corrected chi connectivity index (χ4v) is 4.22. The van der Waals surface area contributed by atoms with E-state index in [-0.39, 0.29) is 10.8 Å². The largest absolute Gasteiger partial charge is 0.496 e. The highest BCUT2D eigenvalue weighted by molar-refractivity contribution is 7.92. The summed E-state index contributed by atoms with van der Waals surface area (Å²) in [6.45, 7) is 2.32. The van der Waals surface area contributed by atoms with Gasteiger partial charge in [0.2, 0.25) is 5.91 Å². The number of para-hydroxylation sites is 1. The first-order chi connectivity index (χ1) is 15.3. The first kappa shape index (κ1) is 23.4. The predicted octanol–water partition coefficient (Wildman–Crippen LogP) is 4.79. The summed E-state index contributed by atoms with van der Waals surface area (Å²) in [5, 5.41) is 3.12. The van der Waals surface area contributed by atoms with Crippen molar-refractivity contribution in [2.24, 2.45) is 0 Å². The molecule has 0 aliphatic heterocycles. The maximum absolute atomic E-state index is 12.6. The number of carbonyl (C=O) groups excluding carboxylic acids is 1. The molecule has 0 aliphatic rings. The Morgan fingerprint density at radius 2 is 1.78 bits per heavy atom. The van der Waals surface area contributed by atoms with Gasteiger partial charge in [-0.25, -0.2) is 8.42 Å². The second-order valence-corrected chi connectivity index (χ2v) is 9.10. The molecule has 0 saturated carbocycles. The standard InChI is InChI=1S/C24H23ClN2O4S/c1-17-7-8-19(15-23(17)31-2)16-26-24(28)14-11-18-9-12-20(13-10-18)32(29,30)27-22-6-4-3-5-21(22)25/h3-15,27H,16H2,1-2H3,(H,26,28)/b14-11+. The van der Waals surface area contributed by atoms with Crippen LogP contribution in [0.5, 0.6) is 5.75 Å². The number of hydrogen-bond donors (Lipinski definition) is 2. The number of carbonyl (C=O) groups is 1. The van der Waals surface area contributed by atoms with Crippen molar-refractivity contribution < 1.29 is 17.9 Å². The molecular formula is C24H23ClN2O4S. The predicted molar refractivity (Wildman–Crippen MR) is 127 cm³/mol. The molecule has 166 valence electrons. The van der Waals surface area contributed by atoms with Gasteiger partial charge < -0.3 is 10.1 Å². The molecule has 0 bridgehead atoms. The number of amides is 1. The van der Waals surface area contributed by atoms with Crippen LogP contribution < -0.4 is 14.8 Å². The zero-order chi connectivity index (χ0) is 23.1. The van der Waals surface area contributed by atoms with Crippen molar-refractivity contribution in [1.29, 1.82) is 0 Å². The number of aryl methyl sites for hydroxylation is 1. The van der Waals surface area contributed by atoms with Gasteiger partial charge in [0.25, 0.3) is 10.0 Å². The number of benzene rings is 3. The maximum Gasteiger partial charge on any atom is 0.261 e. The number of rotatable bonds is 8. The summed E-state index contributed by atoms with van der Waals surface area (Å²) in [7, 11) is -2.17. The third kappa shape index (κ3) is 6.12.